The van der Waals surface area contributed by atoms with Crippen LogP contribution in [0.5, 0.6) is 0 Å². The highest BCUT2D eigenvalue weighted by molar-refractivity contribution is 6.04. The molecule has 6 aromatic rings. The van der Waals surface area contributed by atoms with Gasteiger partial charge in [-0.25, -0.2) is 0 Å². The van der Waals surface area contributed by atoms with Crippen LogP contribution in [0.4, 0.5) is 17.1 Å². The molecular formula is C38H29N. The van der Waals surface area contributed by atoms with Crippen molar-refractivity contribution in [3.8, 4) is 44.5 Å². The molecule has 0 spiro atoms. The van der Waals surface area contributed by atoms with Gasteiger partial charge in [-0.1, -0.05) is 115 Å². The summed E-state index contributed by atoms with van der Waals surface area (Å²) in [7, 11) is 0. The van der Waals surface area contributed by atoms with Crippen molar-refractivity contribution in [2.75, 3.05) is 4.90 Å². The van der Waals surface area contributed by atoms with Gasteiger partial charge in [0.15, 0.2) is 0 Å². The van der Waals surface area contributed by atoms with Gasteiger partial charge >= 0.3 is 0 Å². The molecule has 1 aliphatic rings. The maximum atomic E-state index is 2.45. The first kappa shape index (κ1) is 23.3. The summed E-state index contributed by atoms with van der Waals surface area (Å²) in [4.78, 5) is 2.45. The number of nitrogens with zero attached hydrogens (tertiary/aromatic N) is 1. The van der Waals surface area contributed by atoms with E-state index in [9.17, 15) is 0 Å². The quantitative estimate of drug-likeness (QED) is 0.234. The molecule has 0 fully saturated rings. The minimum Gasteiger partial charge on any atom is -0.309 e. The predicted octanol–water partition coefficient (Wildman–Crippen LogP) is 10.8. The average molecular weight is 500 g/mol. The van der Waals surface area contributed by atoms with E-state index in [0.717, 1.165) is 0 Å². The van der Waals surface area contributed by atoms with Gasteiger partial charge in [0.05, 0.1) is 11.4 Å². The van der Waals surface area contributed by atoms with E-state index >= 15 is 0 Å². The maximum absolute atomic E-state index is 2.45. The van der Waals surface area contributed by atoms with Gasteiger partial charge in [-0.2, -0.15) is 0 Å². The highest BCUT2D eigenvalue weighted by atomic mass is 15.2. The van der Waals surface area contributed by atoms with Gasteiger partial charge in [0.25, 0.3) is 0 Å². The molecule has 1 aliphatic heterocycles. The van der Waals surface area contributed by atoms with Crippen molar-refractivity contribution < 1.29 is 0 Å². The van der Waals surface area contributed by atoms with Crippen molar-refractivity contribution in [2.45, 2.75) is 13.8 Å². The molecule has 1 nitrogen and oxygen atoms in total. The Bertz CT molecular complexity index is 1810. The lowest BCUT2D eigenvalue weighted by Gasteiger charge is -2.29. The standard InChI is InChI=1S/C38H29N/c1-26-16-18-29(19-17-26)31-21-23-38-35(25-31)33-14-8-7-13-32(33)34-24-30(28-11-4-3-5-12-28)20-22-37(34)39(38)36-15-9-6-10-27(36)2/h3-25H,1-2H3. The van der Waals surface area contributed by atoms with Crippen molar-refractivity contribution in [1.29, 1.82) is 0 Å². The lowest BCUT2D eigenvalue weighted by molar-refractivity contribution is 1.26. The second-order valence-corrected chi connectivity index (χ2v) is 10.4. The van der Waals surface area contributed by atoms with Gasteiger partial charge in [0.1, 0.15) is 0 Å². The predicted molar refractivity (Wildman–Crippen MR) is 166 cm³/mol. The smallest absolute Gasteiger partial charge is 0.0541 e. The Kier molecular flexibility index (Phi) is 5.64. The van der Waals surface area contributed by atoms with E-state index < -0.39 is 0 Å². The Morgan fingerprint density at radius 3 is 1.44 bits per heavy atom. The molecule has 7 rings (SSSR count). The molecule has 1 heterocycles. The monoisotopic (exact) mass is 499 g/mol. The summed E-state index contributed by atoms with van der Waals surface area (Å²) in [5.74, 6) is 0. The topological polar surface area (TPSA) is 3.24 Å². The second kappa shape index (κ2) is 9.45. The first-order valence-electron chi connectivity index (χ1n) is 13.5. The van der Waals surface area contributed by atoms with E-state index in [2.05, 4.69) is 158 Å². The number of benzene rings is 6. The number of rotatable bonds is 3. The zero-order valence-electron chi connectivity index (χ0n) is 22.2. The van der Waals surface area contributed by atoms with Crippen LogP contribution in [0, 0.1) is 13.8 Å². The molecule has 0 radical (unpaired) electrons. The number of hydrogen-bond acceptors (Lipinski definition) is 1. The first-order valence-corrected chi connectivity index (χ1v) is 13.5. The summed E-state index contributed by atoms with van der Waals surface area (Å²) in [6, 6.07) is 50.9. The average Bonchev–Trinajstić information content (AvgIpc) is 3.10. The lowest BCUT2D eigenvalue weighted by Crippen LogP contribution is -2.12. The number of anilines is 3. The Hall–Kier alpha value is -4.88. The molecule has 39 heavy (non-hydrogen) atoms. The third-order valence-electron chi connectivity index (χ3n) is 7.83. The molecular weight excluding hydrogens is 470 g/mol. The lowest BCUT2D eigenvalue weighted by atomic mass is 9.91. The molecule has 6 aromatic carbocycles. The van der Waals surface area contributed by atoms with Crippen molar-refractivity contribution in [3.63, 3.8) is 0 Å². The molecule has 0 bridgehead atoms. The number of fused-ring (bicyclic) bond motifs is 5. The number of para-hydroxylation sites is 1. The van der Waals surface area contributed by atoms with Crippen LogP contribution in [0.1, 0.15) is 11.1 Å². The fourth-order valence-corrected chi connectivity index (χ4v) is 5.79. The van der Waals surface area contributed by atoms with E-state index in [-0.39, 0.29) is 0 Å². The van der Waals surface area contributed by atoms with Crippen LogP contribution < -0.4 is 4.90 Å². The minimum atomic E-state index is 1.19. The normalized spacial score (nSPS) is 11.8. The largest absolute Gasteiger partial charge is 0.309 e. The van der Waals surface area contributed by atoms with Crippen LogP contribution >= 0.6 is 0 Å². The molecule has 0 unspecified atom stereocenters. The summed E-state index contributed by atoms with van der Waals surface area (Å²) < 4.78 is 0. The van der Waals surface area contributed by atoms with E-state index in [1.165, 1.54) is 72.7 Å². The fraction of sp³-hybridized carbons (Fsp3) is 0.0526. The van der Waals surface area contributed by atoms with Gasteiger partial charge < -0.3 is 4.90 Å². The molecule has 0 aromatic heterocycles. The SMILES string of the molecule is Cc1ccc(-c2ccc3c(c2)-c2ccccc2-c2cc(-c4ccccc4)ccc2N3c2ccccc2C)cc1. The molecule has 186 valence electrons. The van der Waals surface area contributed by atoms with Crippen LogP contribution in [0.25, 0.3) is 44.5 Å². The van der Waals surface area contributed by atoms with Gasteiger partial charge in [0.2, 0.25) is 0 Å². The fourth-order valence-electron chi connectivity index (χ4n) is 5.79. The van der Waals surface area contributed by atoms with E-state index in [1.54, 1.807) is 0 Å². The summed E-state index contributed by atoms with van der Waals surface area (Å²) in [6.07, 6.45) is 0. The molecule has 0 aliphatic carbocycles. The maximum Gasteiger partial charge on any atom is 0.0541 e. The van der Waals surface area contributed by atoms with Crippen molar-refractivity contribution in [1.82, 2.24) is 0 Å². The number of aryl methyl sites for hydroxylation is 2. The zero-order valence-corrected chi connectivity index (χ0v) is 22.2. The van der Waals surface area contributed by atoms with Crippen LogP contribution in [0.2, 0.25) is 0 Å². The molecule has 0 saturated heterocycles. The van der Waals surface area contributed by atoms with E-state index in [4.69, 9.17) is 0 Å². The molecule has 0 N–H and O–H groups in total. The van der Waals surface area contributed by atoms with Crippen molar-refractivity contribution in [2.24, 2.45) is 0 Å². The molecule has 0 saturated carbocycles. The first-order chi connectivity index (χ1) is 19.2. The zero-order chi connectivity index (χ0) is 26.3. The van der Waals surface area contributed by atoms with Crippen LogP contribution in [-0.4, -0.2) is 0 Å². The highest BCUT2D eigenvalue weighted by Crippen LogP contribution is 2.52. The number of hydrogen-bond donors (Lipinski definition) is 0. The van der Waals surface area contributed by atoms with Crippen molar-refractivity contribution in [3.05, 3.63) is 151 Å². The third-order valence-corrected chi connectivity index (χ3v) is 7.83. The molecule has 0 atom stereocenters. The summed E-state index contributed by atoms with van der Waals surface area (Å²) in [5.41, 5.74) is 16.0. The Morgan fingerprint density at radius 2 is 0.846 bits per heavy atom. The van der Waals surface area contributed by atoms with E-state index in [0.29, 0.717) is 0 Å². The summed E-state index contributed by atoms with van der Waals surface area (Å²) >= 11 is 0. The van der Waals surface area contributed by atoms with Crippen molar-refractivity contribution >= 4 is 17.1 Å². The van der Waals surface area contributed by atoms with Gasteiger partial charge in [-0.05, 0) is 83.1 Å². The Balaban J connectivity index is 1.54. The highest BCUT2D eigenvalue weighted by Gasteiger charge is 2.27. The van der Waals surface area contributed by atoms with Crippen LogP contribution in [0.3, 0.4) is 0 Å². The Labute approximate surface area is 230 Å². The van der Waals surface area contributed by atoms with E-state index in [1.807, 2.05) is 0 Å². The summed E-state index contributed by atoms with van der Waals surface area (Å²) in [5, 5.41) is 0. The molecule has 1 heteroatoms. The summed E-state index contributed by atoms with van der Waals surface area (Å²) in [6.45, 7) is 4.34. The molecule has 0 amide bonds. The minimum absolute atomic E-state index is 1.19. The van der Waals surface area contributed by atoms with Gasteiger partial charge in [0, 0.05) is 16.8 Å². The van der Waals surface area contributed by atoms with Gasteiger partial charge in [-0.3, -0.25) is 0 Å². The van der Waals surface area contributed by atoms with Crippen LogP contribution in [-0.2, 0) is 0 Å². The van der Waals surface area contributed by atoms with Gasteiger partial charge in [-0.15, -0.1) is 0 Å². The third kappa shape index (κ3) is 4.04. The van der Waals surface area contributed by atoms with Crippen LogP contribution in [0.15, 0.2) is 140 Å². The second-order valence-electron chi connectivity index (χ2n) is 10.4. The Morgan fingerprint density at radius 1 is 0.359 bits per heavy atom.